The predicted octanol–water partition coefficient (Wildman–Crippen LogP) is -2.42. The van der Waals surface area contributed by atoms with Crippen LogP contribution in [0.15, 0.2) is 12.5 Å². The fraction of sp³-hybridized carbons (Fsp3) is 0.529. The van der Waals surface area contributed by atoms with Gasteiger partial charge in [0.1, 0.15) is 12.1 Å². The number of aliphatic carboxylic acids is 2. The number of aromatic nitrogens is 2. The molecule has 13 nitrogen and oxygen atoms in total. The Labute approximate surface area is 171 Å². The number of carbonyl (C=O) groups is 5. The molecule has 0 radical (unpaired) electrons. The number of hydrogen-bond acceptors (Lipinski definition) is 7. The van der Waals surface area contributed by atoms with E-state index in [-0.39, 0.29) is 12.3 Å². The fourth-order valence-corrected chi connectivity index (χ4v) is 2.42. The lowest BCUT2D eigenvalue weighted by atomic mass is 10.0. The van der Waals surface area contributed by atoms with Gasteiger partial charge in [0, 0.05) is 18.3 Å². The molecule has 13 heteroatoms. The van der Waals surface area contributed by atoms with Crippen LogP contribution in [0.2, 0.25) is 0 Å². The molecule has 1 heterocycles. The minimum Gasteiger partial charge on any atom is -0.481 e. The lowest BCUT2D eigenvalue weighted by Gasteiger charge is -2.24. The molecule has 0 saturated heterocycles. The average Bonchev–Trinajstić information content (AvgIpc) is 3.15. The van der Waals surface area contributed by atoms with Crippen LogP contribution in [-0.4, -0.2) is 74.5 Å². The van der Waals surface area contributed by atoms with E-state index in [4.69, 9.17) is 10.8 Å². The van der Waals surface area contributed by atoms with Crippen LogP contribution in [0, 0.1) is 5.92 Å². The second-order valence-electron chi connectivity index (χ2n) is 6.89. The number of nitrogens with two attached hydrogens (primary N) is 1. The Hall–Kier alpha value is -3.48. The van der Waals surface area contributed by atoms with Crippen molar-refractivity contribution in [1.29, 1.82) is 0 Å². The number of rotatable bonds is 12. The molecule has 3 atom stereocenters. The first-order chi connectivity index (χ1) is 14.0. The maximum atomic E-state index is 12.5. The molecule has 8 N–H and O–H groups in total. The van der Waals surface area contributed by atoms with E-state index in [2.05, 4.69) is 25.9 Å². The summed E-state index contributed by atoms with van der Waals surface area (Å²) in [5, 5.41) is 24.9. The van der Waals surface area contributed by atoms with E-state index in [1.165, 1.54) is 12.5 Å². The number of aromatic amines is 1. The van der Waals surface area contributed by atoms with Gasteiger partial charge in [0.25, 0.3) is 0 Å². The third-order valence-electron chi connectivity index (χ3n) is 4.01. The van der Waals surface area contributed by atoms with E-state index in [9.17, 15) is 29.1 Å². The van der Waals surface area contributed by atoms with Crippen LogP contribution in [0.25, 0.3) is 0 Å². The van der Waals surface area contributed by atoms with E-state index in [1.54, 1.807) is 13.8 Å². The van der Waals surface area contributed by atoms with Gasteiger partial charge in [-0.15, -0.1) is 0 Å². The molecule has 0 saturated carbocycles. The highest BCUT2D eigenvalue weighted by molar-refractivity contribution is 5.93. The van der Waals surface area contributed by atoms with Gasteiger partial charge in [0.2, 0.25) is 17.7 Å². The van der Waals surface area contributed by atoms with Crippen molar-refractivity contribution in [1.82, 2.24) is 25.9 Å². The van der Waals surface area contributed by atoms with Crippen LogP contribution in [-0.2, 0) is 30.4 Å². The van der Waals surface area contributed by atoms with Crippen molar-refractivity contribution in [3.05, 3.63) is 18.2 Å². The molecular formula is C17H26N6O7. The fourth-order valence-electron chi connectivity index (χ4n) is 2.42. The Morgan fingerprint density at radius 2 is 1.80 bits per heavy atom. The minimum atomic E-state index is -1.32. The van der Waals surface area contributed by atoms with Gasteiger partial charge in [-0.25, -0.2) is 9.78 Å². The summed E-state index contributed by atoms with van der Waals surface area (Å²) < 4.78 is 0. The number of hydrogen-bond donors (Lipinski definition) is 7. The van der Waals surface area contributed by atoms with E-state index < -0.39 is 60.8 Å². The van der Waals surface area contributed by atoms with Crippen molar-refractivity contribution in [2.75, 3.05) is 6.54 Å². The highest BCUT2D eigenvalue weighted by Crippen LogP contribution is 2.05. The summed E-state index contributed by atoms with van der Waals surface area (Å²) in [6.45, 7) is 2.77. The lowest BCUT2D eigenvalue weighted by Crippen LogP contribution is -2.56. The summed E-state index contributed by atoms with van der Waals surface area (Å²) in [7, 11) is 0. The third-order valence-corrected chi connectivity index (χ3v) is 4.01. The SMILES string of the molecule is CC(C)C(NC(=O)CNC(=O)C(N)CC(=O)O)C(=O)NC(Cc1cnc[nH]1)C(=O)O. The van der Waals surface area contributed by atoms with Gasteiger partial charge < -0.3 is 36.9 Å². The van der Waals surface area contributed by atoms with Crippen molar-refractivity contribution < 1.29 is 34.2 Å². The highest BCUT2D eigenvalue weighted by Gasteiger charge is 2.29. The largest absolute Gasteiger partial charge is 0.481 e. The third kappa shape index (κ3) is 8.26. The monoisotopic (exact) mass is 426 g/mol. The summed E-state index contributed by atoms with van der Waals surface area (Å²) in [6, 6.07) is -3.63. The summed E-state index contributed by atoms with van der Waals surface area (Å²) >= 11 is 0. The first-order valence-electron chi connectivity index (χ1n) is 9.06. The Morgan fingerprint density at radius 1 is 1.13 bits per heavy atom. The molecule has 30 heavy (non-hydrogen) atoms. The maximum absolute atomic E-state index is 12.5. The first-order valence-corrected chi connectivity index (χ1v) is 9.06. The van der Waals surface area contributed by atoms with Crippen molar-refractivity contribution in [3.63, 3.8) is 0 Å². The molecule has 0 aromatic carbocycles. The van der Waals surface area contributed by atoms with Gasteiger partial charge in [0.05, 0.1) is 25.3 Å². The van der Waals surface area contributed by atoms with Gasteiger partial charge in [-0.2, -0.15) is 0 Å². The van der Waals surface area contributed by atoms with Gasteiger partial charge in [-0.1, -0.05) is 13.8 Å². The summed E-state index contributed by atoms with van der Waals surface area (Å²) in [4.78, 5) is 64.9. The number of nitrogens with one attached hydrogen (secondary N) is 4. The zero-order valence-electron chi connectivity index (χ0n) is 16.5. The molecule has 0 aliphatic heterocycles. The molecular weight excluding hydrogens is 400 g/mol. The predicted molar refractivity (Wildman–Crippen MR) is 102 cm³/mol. The average molecular weight is 426 g/mol. The minimum absolute atomic E-state index is 0.0304. The zero-order chi connectivity index (χ0) is 22.8. The van der Waals surface area contributed by atoms with E-state index in [0.717, 1.165) is 0 Å². The van der Waals surface area contributed by atoms with E-state index in [0.29, 0.717) is 5.69 Å². The van der Waals surface area contributed by atoms with Gasteiger partial charge in [-0.3, -0.25) is 19.2 Å². The Balaban J connectivity index is 2.65. The standard InChI is InChI=1S/C17H26N6O7/c1-8(2)14(23-12(24)6-20-15(27)10(18)4-13(25)26)16(28)22-11(17(29)30)3-9-5-19-7-21-9/h5,7-8,10-11,14H,3-4,6,18H2,1-2H3,(H,19,21)(H,20,27)(H,22,28)(H,23,24)(H,25,26)(H,29,30). The molecule has 0 aliphatic carbocycles. The summed E-state index contributed by atoms with van der Waals surface area (Å²) in [6.07, 6.45) is 2.18. The van der Waals surface area contributed by atoms with Crippen LogP contribution in [0.3, 0.4) is 0 Å². The molecule has 3 amide bonds. The number of imidazole rings is 1. The number of H-pyrrole nitrogens is 1. The molecule has 0 spiro atoms. The zero-order valence-corrected chi connectivity index (χ0v) is 16.5. The van der Waals surface area contributed by atoms with Crippen molar-refractivity contribution >= 4 is 29.7 Å². The van der Waals surface area contributed by atoms with Crippen LogP contribution < -0.4 is 21.7 Å². The van der Waals surface area contributed by atoms with Crippen LogP contribution in [0.1, 0.15) is 26.0 Å². The smallest absolute Gasteiger partial charge is 0.326 e. The number of carboxylic acid groups (broad SMARTS) is 2. The van der Waals surface area contributed by atoms with Crippen LogP contribution in [0.4, 0.5) is 0 Å². The number of carboxylic acids is 2. The first kappa shape index (κ1) is 24.6. The normalized spacial score (nSPS) is 13.7. The molecule has 166 valence electrons. The molecule has 0 aliphatic rings. The molecule has 3 unspecified atom stereocenters. The molecule has 1 aromatic heterocycles. The van der Waals surface area contributed by atoms with Gasteiger partial charge >= 0.3 is 11.9 Å². The quantitative estimate of drug-likeness (QED) is 0.189. The lowest BCUT2D eigenvalue weighted by molar-refractivity contribution is -0.142. The van der Waals surface area contributed by atoms with Gasteiger partial charge in [0.15, 0.2) is 0 Å². The summed E-state index contributed by atoms with van der Waals surface area (Å²) in [5.74, 6) is -5.17. The van der Waals surface area contributed by atoms with Crippen LogP contribution in [0.5, 0.6) is 0 Å². The second-order valence-corrected chi connectivity index (χ2v) is 6.89. The maximum Gasteiger partial charge on any atom is 0.326 e. The van der Waals surface area contributed by atoms with Gasteiger partial charge in [-0.05, 0) is 5.92 Å². The van der Waals surface area contributed by atoms with Crippen LogP contribution >= 0.6 is 0 Å². The molecule has 1 aromatic rings. The van der Waals surface area contributed by atoms with E-state index >= 15 is 0 Å². The Bertz CT molecular complexity index is 765. The van der Waals surface area contributed by atoms with Crippen molar-refractivity contribution in [2.45, 2.75) is 44.8 Å². The summed E-state index contributed by atoms with van der Waals surface area (Å²) in [5.41, 5.74) is 5.90. The topological polar surface area (TPSA) is 217 Å². The number of amides is 3. The highest BCUT2D eigenvalue weighted by atomic mass is 16.4. The second kappa shape index (κ2) is 11.5. The Kier molecular flexibility index (Phi) is 9.42. The number of nitrogens with zero attached hydrogens (tertiary/aromatic N) is 1. The Morgan fingerprint density at radius 3 is 2.30 bits per heavy atom. The number of carbonyl (C=O) groups excluding carboxylic acids is 3. The van der Waals surface area contributed by atoms with Crippen molar-refractivity contribution in [2.24, 2.45) is 11.7 Å². The van der Waals surface area contributed by atoms with E-state index in [1.807, 2.05) is 0 Å². The molecule has 0 bridgehead atoms. The van der Waals surface area contributed by atoms with Crippen molar-refractivity contribution in [3.8, 4) is 0 Å². The molecule has 1 rings (SSSR count). The molecule has 0 fully saturated rings.